The molecule has 3 aromatic carbocycles. The molecule has 6 heteroatoms. The highest BCUT2D eigenvalue weighted by atomic mass is 35.5. The normalized spacial score (nSPS) is 15.4. The van der Waals surface area contributed by atoms with Gasteiger partial charge >= 0.3 is 0 Å². The number of carbonyl (C=O) groups is 1. The van der Waals surface area contributed by atoms with Gasteiger partial charge in [-0.05, 0) is 35.4 Å². The number of hydrogen-bond acceptors (Lipinski definition) is 3. The van der Waals surface area contributed by atoms with Gasteiger partial charge in [0.15, 0.2) is 0 Å². The van der Waals surface area contributed by atoms with E-state index in [9.17, 15) is 9.90 Å². The van der Waals surface area contributed by atoms with Crippen LogP contribution in [0.4, 0.5) is 0 Å². The summed E-state index contributed by atoms with van der Waals surface area (Å²) in [6.45, 7) is 0.429. The number of fused-ring (bicyclic) bond motifs is 1. The van der Waals surface area contributed by atoms with Crippen LogP contribution in [0.5, 0.6) is 5.75 Å². The largest absolute Gasteiger partial charge is 0.508 e. The lowest BCUT2D eigenvalue weighted by Crippen LogP contribution is -2.29. The molecule has 1 unspecified atom stereocenters. The summed E-state index contributed by atoms with van der Waals surface area (Å²) in [7, 11) is 0. The minimum atomic E-state index is -0.322. The van der Waals surface area contributed by atoms with Crippen molar-refractivity contribution in [3.63, 3.8) is 0 Å². The maximum atomic E-state index is 13.3. The van der Waals surface area contributed by atoms with Gasteiger partial charge in [0, 0.05) is 22.7 Å². The Balaban J connectivity index is 1.63. The number of H-pyrrole nitrogens is 1. The predicted molar refractivity (Wildman–Crippen MR) is 115 cm³/mol. The van der Waals surface area contributed by atoms with E-state index in [2.05, 4.69) is 10.2 Å². The summed E-state index contributed by atoms with van der Waals surface area (Å²) in [5, 5.41) is 17.8. The van der Waals surface area contributed by atoms with Gasteiger partial charge in [0.1, 0.15) is 11.4 Å². The molecular weight excluding hydrogens is 398 g/mol. The first-order chi connectivity index (χ1) is 14.6. The van der Waals surface area contributed by atoms with Crippen molar-refractivity contribution in [2.24, 2.45) is 0 Å². The fourth-order valence-electron chi connectivity index (χ4n) is 3.97. The van der Waals surface area contributed by atoms with Gasteiger partial charge in [-0.2, -0.15) is 5.10 Å². The average Bonchev–Trinajstić information content (AvgIpc) is 3.31. The molecule has 148 valence electrons. The van der Waals surface area contributed by atoms with Crippen LogP contribution in [0.25, 0.3) is 11.3 Å². The van der Waals surface area contributed by atoms with Crippen LogP contribution in [0, 0.1) is 0 Å². The molecule has 0 saturated carbocycles. The van der Waals surface area contributed by atoms with Crippen molar-refractivity contribution < 1.29 is 9.90 Å². The molecule has 2 heterocycles. The Morgan fingerprint density at radius 1 is 0.967 bits per heavy atom. The number of nitrogens with one attached hydrogen (secondary N) is 1. The summed E-state index contributed by atoms with van der Waals surface area (Å²) in [6.07, 6.45) is 0. The number of amides is 1. The SMILES string of the molecule is O=C1c2[nH]nc(-c3ccccc3)c2C(c2ccc(O)cc2)N1Cc1ccc(Cl)cc1. The number of aromatic hydroxyl groups is 1. The van der Waals surface area contributed by atoms with Gasteiger partial charge in [0.2, 0.25) is 0 Å². The minimum Gasteiger partial charge on any atom is -0.508 e. The number of halogens is 1. The van der Waals surface area contributed by atoms with E-state index < -0.39 is 0 Å². The lowest BCUT2D eigenvalue weighted by molar-refractivity contribution is 0.0730. The number of aromatic amines is 1. The van der Waals surface area contributed by atoms with Crippen molar-refractivity contribution >= 4 is 17.5 Å². The average molecular weight is 416 g/mol. The number of hydrogen-bond donors (Lipinski definition) is 2. The maximum absolute atomic E-state index is 13.3. The van der Waals surface area contributed by atoms with Gasteiger partial charge in [0.05, 0.1) is 11.7 Å². The molecule has 2 N–H and O–H groups in total. The lowest BCUT2D eigenvalue weighted by Gasteiger charge is -2.26. The van der Waals surface area contributed by atoms with Crippen LogP contribution in [0.3, 0.4) is 0 Å². The van der Waals surface area contributed by atoms with Crippen molar-refractivity contribution in [1.82, 2.24) is 15.1 Å². The Hall–Kier alpha value is -3.57. The smallest absolute Gasteiger partial charge is 0.273 e. The van der Waals surface area contributed by atoms with Gasteiger partial charge in [-0.1, -0.05) is 66.2 Å². The molecule has 0 bridgehead atoms. The van der Waals surface area contributed by atoms with E-state index >= 15 is 0 Å². The number of benzene rings is 3. The third-order valence-electron chi connectivity index (χ3n) is 5.39. The van der Waals surface area contributed by atoms with E-state index in [0.29, 0.717) is 17.3 Å². The summed E-state index contributed by atoms with van der Waals surface area (Å²) >= 11 is 6.02. The van der Waals surface area contributed by atoms with Crippen LogP contribution in [-0.2, 0) is 6.54 Å². The highest BCUT2D eigenvalue weighted by Gasteiger charge is 2.42. The first-order valence-electron chi connectivity index (χ1n) is 9.60. The van der Waals surface area contributed by atoms with Crippen LogP contribution in [-0.4, -0.2) is 26.1 Å². The fraction of sp³-hybridized carbons (Fsp3) is 0.0833. The summed E-state index contributed by atoms with van der Waals surface area (Å²) < 4.78 is 0. The van der Waals surface area contributed by atoms with E-state index in [1.54, 1.807) is 12.1 Å². The van der Waals surface area contributed by atoms with Crippen molar-refractivity contribution in [3.8, 4) is 17.0 Å². The summed E-state index contributed by atoms with van der Waals surface area (Å²) in [4.78, 5) is 15.2. The maximum Gasteiger partial charge on any atom is 0.273 e. The molecule has 1 atom stereocenters. The molecule has 1 amide bonds. The van der Waals surface area contributed by atoms with Crippen LogP contribution < -0.4 is 0 Å². The molecule has 1 aromatic heterocycles. The summed E-state index contributed by atoms with van der Waals surface area (Å²) in [5.41, 5.74) is 4.95. The zero-order valence-electron chi connectivity index (χ0n) is 15.9. The van der Waals surface area contributed by atoms with E-state index in [1.165, 1.54) is 0 Å². The summed E-state index contributed by atoms with van der Waals surface area (Å²) in [6, 6.07) is 24.0. The quantitative estimate of drug-likeness (QED) is 0.482. The zero-order valence-corrected chi connectivity index (χ0v) is 16.7. The molecule has 0 saturated heterocycles. The second-order valence-electron chi connectivity index (χ2n) is 7.28. The third-order valence-corrected chi connectivity index (χ3v) is 5.64. The fourth-order valence-corrected chi connectivity index (χ4v) is 4.09. The third kappa shape index (κ3) is 3.13. The van der Waals surface area contributed by atoms with Crippen molar-refractivity contribution in [1.29, 1.82) is 0 Å². The Labute approximate surface area is 178 Å². The Bertz CT molecular complexity index is 1200. The summed E-state index contributed by atoms with van der Waals surface area (Å²) in [5.74, 6) is 0.0794. The number of rotatable bonds is 4. The predicted octanol–water partition coefficient (Wildman–Crippen LogP) is 5.18. The van der Waals surface area contributed by atoms with E-state index in [4.69, 9.17) is 11.6 Å². The highest BCUT2D eigenvalue weighted by molar-refractivity contribution is 6.30. The van der Waals surface area contributed by atoms with Crippen molar-refractivity contribution in [2.75, 3.05) is 0 Å². The molecule has 0 spiro atoms. The molecule has 0 radical (unpaired) electrons. The van der Waals surface area contributed by atoms with Crippen molar-refractivity contribution in [3.05, 3.63) is 106 Å². The van der Waals surface area contributed by atoms with E-state index in [1.807, 2.05) is 71.6 Å². The monoisotopic (exact) mass is 415 g/mol. The van der Waals surface area contributed by atoms with Gasteiger partial charge < -0.3 is 10.0 Å². The Kier molecular flexibility index (Phi) is 4.52. The number of nitrogens with zero attached hydrogens (tertiary/aromatic N) is 2. The van der Waals surface area contributed by atoms with Crippen LogP contribution in [0.2, 0.25) is 5.02 Å². The highest BCUT2D eigenvalue weighted by Crippen LogP contribution is 2.43. The number of phenols is 1. The molecule has 0 aliphatic carbocycles. The van der Waals surface area contributed by atoms with Crippen LogP contribution >= 0.6 is 11.6 Å². The molecule has 0 fully saturated rings. The van der Waals surface area contributed by atoms with Gasteiger partial charge in [-0.15, -0.1) is 0 Å². The minimum absolute atomic E-state index is 0.104. The van der Waals surface area contributed by atoms with E-state index in [-0.39, 0.29) is 17.7 Å². The van der Waals surface area contributed by atoms with Crippen molar-refractivity contribution in [2.45, 2.75) is 12.6 Å². The standard InChI is InChI=1S/C24H18ClN3O2/c25-18-10-6-15(7-11-18)14-28-23(17-8-12-19(29)13-9-17)20-21(16-4-2-1-3-5-16)26-27-22(20)24(28)30/h1-13,23,29H,14H2,(H,26,27). The molecule has 5 rings (SSSR count). The lowest BCUT2D eigenvalue weighted by atomic mass is 9.96. The second kappa shape index (κ2) is 7.35. The van der Waals surface area contributed by atoms with E-state index in [0.717, 1.165) is 27.9 Å². The molecule has 4 aromatic rings. The first kappa shape index (κ1) is 18.5. The number of aromatic nitrogens is 2. The van der Waals surface area contributed by atoms with Crippen LogP contribution in [0.1, 0.15) is 33.2 Å². The molecule has 5 nitrogen and oxygen atoms in total. The van der Waals surface area contributed by atoms with Crippen LogP contribution in [0.15, 0.2) is 78.9 Å². The second-order valence-corrected chi connectivity index (χ2v) is 7.72. The van der Waals surface area contributed by atoms with Gasteiger partial charge in [-0.25, -0.2) is 0 Å². The number of carbonyl (C=O) groups excluding carboxylic acids is 1. The molecule has 1 aliphatic heterocycles. The zero-order chi connectivity index (χ0) is 20.7. The molecule has 30 heavy (non-hydrogen) atoms. The molecule has 1 aliphatic rings. The molecular formula is C24H18ClN3O2. The number of phenolic OH excluding ortho intramolecular Hbond substituents is 1. The first-order valence-corrected chi connectivity index (χ1v) is 9.97. The van der Waals surface area contributed by atoms with Gasteiger partial charge in [0.25, 0.3) is 5.91 Å². The Morgan fingerprint density at radius 3 is 2.37 bits per heavy atom. The van der Waals surface area contributed by atoms with Gasteiger partial charge in [-0.3, -0.25) is 9.89 Å². The Morgan fingerprint density at radius 2 is 1.67 bits per heavy atom. The topological polar surface area (TPSA) is 69.2 Å².